The van der Waals surface area contributed by atoms with Crippen LogP contribution in [0.25, 0.3) is 11.4 Å². The van der Waals surface area contributed by atoms with Crippen LogP contribution in [-0.2, 0) is 6.54 Å². The molecular weight excluding hydrogens is 434 g/mol. The maximum atomic E-state index is 12.3. The molecular formula is C23H26F2N4O4. The Bertz CT molecular complexity index is 1010. The monoisotopic (exact) mass is 460 g/mol. The molecule has 3 aromatic rings. The summed E-state index contributed by atoms with van der Waals surface area (Å²) in [6.07, 6.45) is -0.708. The molecule has 8 nitrogen and oxygen atoms in total. The second kappa shape index (κ2) is 10.7. The van der Waals surface area contributed by atoms with Gasteiger partial charge in [-0.2, -0.15) is 13.8 Å². The first-order valence-corrected chi connectivity index (χ1v) is 10.6. The van der Waals surface area contributed by atoms with E-state index in [-0.39, 0.29) is 5.75 Å². The summed E-state index contributed by atoms with van der Waals surface area (Å²) in [5, 5.41) is 14.6. The SMILES string of the molecule is COc1ccc(-c2noc(CN3CCN(CC(O)c4ccc(OC(F)F)cc4)CC3)n2)cc1. The zero-order valence-corrected chi connectivity index (χ0v) is 18.2. The molecule has 33 heavy (non-hydrogen) atoms. The van der Waals surface area contributed by atoms with E-state index in [1.807, 2.05) is 24.3 Å². The fraction of sp³-hybridized carbons (Fsp3) is 0.391. The van der Waals surface area contributed by atoms with Crippen LogP contribution in [0.4, 0.5) is 8.78 Å². The minimum absolute atomic E-state index is 0.0748. The van der Waals surface area contributed by atoms with Crippen LogP contribution in [0.2, 0.25) is 0 Å². The summed E-state index contributed by atoms with van der Waals surface area (Å²) in [6.45, 7) is 1.32. The van der Waals surface area contributed by atoms with Crippen LogP contribution < -0.4 is 9.47 Å². The second-order valence-corrected chi connectivity index (χ2v) is 7.78. The van der Waals surface area contributed by atoms with Crippen molar-refractivity contribution in [3.8, 4) is 22.9 Å². The molecule has 1 atom stereocenters. The van der Waals surface area contributed by atoms with E-state index in [2.05, 4.69) is 24.7 Å². The number of piperazine rings is 1. The van der Waals surface area contributed by atoms with Gasteiger partial charge in [-0.25, -0.2) is 0 Å². The number of aliphatic hydroxyl groups is 1. The molecule has 1 saturated heterocycles. The van der Waals surface area contributed by atoms with Crippen molar-refractivity contribution in [3.05, 3.63) is 60.0 Å². The summed E-state index contributed by atoms with van der Waals surface area (Å²) in [6, 6.07) is 13.6. The normalized spacial score (nSPS) is 16.2. The Morgan fingerprint density at radius 1 is 0.970 bits per heavy atom. The van der Waals surface area contributed by atoms with Crippen molar-refractivity contribution in [2.24, 2.45) is 0 Å². The Labute approximate surface area is 190 Å². The molecule has 0 spiro atoms. The Morgan fingerprint density at radius 3 is 2.24 bits per heavy atom. The molecule has 4 rings (SSSR count). The summed E-state index contributed by atoms with van der Waals surface area (Å²) < 4.78 is 39.4. The van der Waals surface area contributed by atoms with Gasteiger partial charge in [-0.3, -0.25) is 9.80 Å². The van der Waals surface area contributed by atoms with E-state index in [1.54, 1.807) is 19.2 Å². The summed E-state index contributed by atoms with van der Waals surface area (Å²) in [5.41, 5.74) is 1.52. The van der Waals surface area contributed by atoms with Gasteiger partial charge in [-0.05, 0) is 42.0 Å². The van der Waals surface area contributed by atoms with Crippen molar-refractivity contribution in [1.29, 1.82) is 0 Å². The highest BCUT2D eigenvalue weighted by molar-refractivity contribution is 5.55. The maximum Gasteiger partial charge on any atom is 0.387 e. The number of hydrogen-bond donors (Lipinski definition) is 1. The lowest BCUT2D eigenvalue weighted by atomic mass is 10.1. The quantitative estimate of drug-likeness (QED) is 0.521. The number of aromatic nitrogens is 2. The number of methoxy groups -OCH3 is 1. The van der Waals surface area contributed by atoms with Crippen molar-refractivity contribution in [2.75, 3.05) is 39.8 Å². The fourth-order valence-corrected chi connectivity index (χ4v) is 3.72. The van der Waals surface area contributed by atoms with Gasteiger partial charge < -0.3 is 19.1 Å². The number of halogens is 2. The second-order valence-electron chi connectivity index (χ2n) is 7.78. The molecule has 0 bridgehead atoms. The lowest BCUT2D eigenvalue weighted by Crippen LogP contribution is -2.47. The third-order valence-corrected chi connectivity index (χ3v) is 5.56. The van der Waals surface area contributed by atoms with Crippen molar-refractivity contribution in [2.45, 2.75) is 19.3 Å². The highest BCUT2D eigenvalue weighted by atomic mass is 19.3. The van der Waals surface area contributed by atoms with Crippen molar-refractivity contribution in [1.82, 2.24) is 19.9 Å². The topological polar surface area (TPSA) is 84.1 Å². The number of alkyl halides is 2. The number of nitrogens with zero attached hydrogens (tertiary/aromatic N) is 4. The van der Waals surface area contributed by atoms with E-state index >= 15 is 0 Å². The first kappa shape index (κ1) is 23.1. The van der Waals surface area contributed by atoms with Gasteiger partial charge in [0.2, 0.25) is 11.7 Å². The molecule has 1 aliphatic heterocycles. The molecule has 1 N–H and O–H groups in total. The Hall–Kier alpha value is -3.08. The molecule has 0 radical (unpaired) electrons. The van der Waals surface area contributed by atoms with E-state index in [0.29, 0.717) is 30.4 Å². The Morgan fingerprint density at radius 2 is 1.61 bits per heavy atom. The van der Waals surface area contributed by atoms with E-state index in [1.165, 1.54) is 12.1 Å². The van der Waals surface area contributed by atoms with Gasteiger partial charge in [0.05, 0.1) is 19.8 Å². The zero-order chi connectivity index (χ0) is 23.2. The number of benzene rings is 2. The molecule has 0 amide bonds. The number of rotatable bonds is 9. The van der Waals surface area contributed by atoms with Crippen LogP contribution in [0, 0.1) is 0 Å². The molecule has 0 saturated carbocycles. The molecule has 1 unspecified atom stereocenters. The number of ether oxygens (including phenoxy) is 2. The first-order valence-electron chi connectivity index (χ1n) is 10.6. The molecule has 1 aliphatic rings. The van der Waals surface area contributed by atoms with Crippen LogP contribution in [-0.4, -0.2) is 71.5 Å². The van der Waals surface area contributed by atoms with Crippen molar-refractivity contribution >= 4 is 0 Å². The minimum atomic E-state index is -2.86. The zero-order valence-electron chi connectivity index (χ0n) is 18.2. The largest absolute Gasteiger partial charge is 0.497 e. The van der Waals surface area contributed by atoms with Gasteiger partial charge in [-0.1, -0.05) is 17.3 Å². The summed E-state index contributed by atoms with van der Waals surface area (Å²) in [7, 11) is 1.62. The Balaban J connectivity index is 1.24. The van der Waals surface area contributed by atoms with Crippen LogP contribution in [0.1, 0.15) is 17.6 Å². The lowest BCUT2D eigenvalue weighted by molar-refractivity contribution is -0.0498. The number of hydrogen-bond acceptors (Lipinski definition) is 8. The van der Waals surface area contributed by atoms with Crippen molar-refractivity contribution in [3.63, 3.8) is 0 Å². The van der Waals surface area contributed by atoms with Gasteiger partial charge in [0.1, 0.15) is 11.5 Å². The highest BCUT2D eigenvalue weighted by Gasteiger charge is 2.22. The van der Waals surface area contributed by atoms with Gasteiger partial charge in [-0.15, -0.1) is 0 Å². The third kappa shape index (κ3) is 6.25. The first-order chi connectivity index (χ1) is 16.0. The van der Waals surface area contributed by atoms with Gasteiger partial charge in [0, 0.05) is 38.3 Å². The number of β-amino-alcohol motifs (C(OH)–C–C–N with tert-alkyl or cyclic N) is 1. The number of aliphatic hydroxyl groups excluding tert-OH is 1. The fourth-order valence-electron chi connectivity index (χ4n) is 3.72. The molecule has 0 aliphatic carbocycles. The summed E-state index contributed by atoms with van der Waals surface area (Å²) in [4.78, 5) is 8.89. The van der Waals surface area contributed by atoms with E-state index in [9.17, 15) is 13.9 Å². The molecule has 1 fully saturated rings. The summed E-state index contributed by atoms with van der Waals surface area (Å²) >= 11 is 0. The van der Waals surface area contributed by atoms with Crippen molar-refractivity contribution < 1.29 is 27.9 Å². The van der Waals surface area contributed by atoms with Crippen LogP contribution in [0.15, 0.2) is 53.1 Å². The smallest absolute Gasteiger partial charge is 0.387 e. The van der Waals surface area contributed by atoms with Crippen LogP contribution in [0.3, 0.4) is 0 Å². The van der Waals surface area contributed by atoms with E-state index in [0.717, 1.165) is 37.5 Å². The van der Waals surface area contributed by atoms with Gasteiger partial charge >= 0.3 is 6.61 Å². The highest BCUT2D eigenvalue weighted by Crippen LogP contribution is 2.22. The third-order valence-electron chi connectivity index (χ3n) is 5.56. The molecule has 2 heterocycles. The lowest BCUT2D eigenvalue weighted by Gasteiger charge is -2.34. The van der Waals surface area contributed by atoms with Crippen LogP contribution in [0.5, 0.6) is 11.5 Å². The molecule has 2 aromatic carbocycles. The molecule has 10 heteroatoms. The average Bonchev–Trinajstić information content (AvgIpc) is 3.29. The Kier molecular flexibility index (Phi) is 7.48. The van der Waals surface area contributed by atoms with Gasteiger partial charge in [0.15, 0.2) is 0 Å². The molecule has 176 valence electrons. The van der Waals surface area contributed by atoms with Gasteiger partial charge in [0.25, 0.3) is 0 Å². The minimum Gasteiger partial charge on any atom is -0.497 e. The maximum absolute atomic E-state index is 12.3. The van der Waals surface area contributed by atoms with Crippen LogP contribution >= 0.6 is 0 Å². The predicted molar refractivity (Wildman–Crippen MR) is 116 cm³/mol. The standard InChI is InChI=1S/C23H26F2N4O4/c1-31-18-6-4-17(5-7-18)22-26-21(33-27-22)15-29-12-10-28(11-13-29)14-20(30)16-2-8-19(9-3-16)32-23(24)25/h2-9,20,23,30H,10-15H2,1H3. The van der Waals surface area contributed by atoms with E-state index < -0.39 is 12.7 Å². The summed E-state index contributed by atoms with van der Waals surface area (Å²) in [5.74, 6) is 1.94. The van der Waals surface area contributed by atoms with E-state index in [4.69, 9.17) is 9.26 Å². The predicted octanol–water partition coefficient (Wildman–Crippen LogP) is 3.20. The molecule has 1 aromatic heterocycles. The average molecular weight is 460 g/mol.